The molecular weight excluding hydrogens is 444 g/mol. The van der Waals surface area contributed by atoms with Crippen molar-refractivity contribution in [1.29, 1.82) is 0 Å². The zero-order valence-corrected chi connectivity index (χ0v) is 18.9. The standard InChI is InChI=1S/C23H22N4O5S/c1-13-8-14(2)26-22(30)17(13)10-25-21(29)16-4-3-7-24-23(16)33-11-20(28)27-15-5-6-18-19(9-15)32-12-31-18/h3-9H,10-12H2,1-2H3,(H,25,29)(H,26,30)(H,27,28). The van der Waals surface area contributed by atoms with Gasteiger partial charge in [0.05, 0.1) is 11.3 Å². The van der Waals surface area contributed by atoms with E-state index < -0.39 is 0 Å². The summed E-state index contributed by atoms with van der Waals surface area (Å²) >= 11 is 1.15. The highest BCUT2D eigenvalue weighted by atomic mass is 32.2. The van der Waals surface area contributed by atoms with Crippen LogP contribution in [0.1, 0.15) is 27.2 Å². The van der Waals surface area contributed by atoms with Gasteiger partial charge in [0, 0.05) is 35.8 Å². The predicted octanol–water partition coefficient (Wildman–Crippen LogP) is 2.78. The third-order valence-electron chi connectivity index (χ3n) is 4.93. The monoisotopic (exact) mass is 466 g/mol. The van der Waals surface area contributed by atoms with Crippen LogP contribution in [0, 0.1) is 13.8 Å². The maximum atomic E-state index is 12.8. The fourth-order valence-electron chi connectivity index (χ4n) is 3.35. The Labute approximate surface area is 193 Å². The lowest BCUT2D eigenvalue weighted by atomic mass is 10.1. The summed E-state index contributed by atoms with van der Waals surface area (Å²) in [6.07, 6.45) is 1.56. The molecular formula is C23H22N4O5S. The second-order valence-electron chi connectivity index (χ2n) is 7.39. The van der Waals surface area contributed by atoms with Crippen LogP contribution >= 0.6 is 11.8 Å². The summed E-state index contributed by atoms with van der Waals surface area (Å²) in [5.74, 6) is 0.641. The van der Waals surface area contributed by atoms with Crippen LogP contribution in [0.25, 0.3) is 0 Å². The van der Waals surface area contributed by atoms with Gasteiger partial charge in [0.1, 0.15) is 5.03 Å². The zero-order valence-electron chi connectivity index (χ0n) is 18.1. The maximum absolute atomic E-state index is 12.8. The second-order valence-corrected chi connectivity index (χ2v) is 8.35. The number of fused-ring (bicyclic) bond motifs is 1. The SMILES string of the molecule is Cc1cc(C)c(CNC(=O)c2cccnc2SCC(=O)Nc2ccc3c(c2)OCO3)c(=O)[nH]1. The Balaban J connectivity index is 1.37. The summed E-state index contributed by atoms with van der Waals surface area (Å²) in [4.78, 5) is 44.3. The topological polar surface area (TPSA) is 122 Å². The predicted molar refractivity (Wildman–Crippen MR) is 124 cm³/mol. The lowest BCUT2D eigenvalue weighted by molar-refractivity contribution is -0.113. The number of thioether (sulfide) groups is 1. The van der Waals surface area contributed by atoms with Crippen LogP contribution in [0.4, 0.5) is 5.69 Å². The molecule has 1 aromatic carbocycles. The number of carbonyl (C=O) groups excluding carboxylic acids is 2. The van der Waals surface area contributed by atoms with Gasteiger partial charge in [-0.3, -0.25) is 14.4 Å². The van der Waals surface area contributed by atoms with Crippen molar-refractivity contribution in [2.24, 2.45) is 0 Å². The minimum Gasteiger partial charge on any atom is -0.454 e. The first-order chi connectivity index (χ1) is 15.9. The molecule has 1 aliphatic rings. The number of nitrogens with zero attached hydrogens (tertiary/aromatic N) is 1. The highest BCUT2D eigenvalue weighted by molar-refractivity contribution is 8.00. The summed E-state index contributed by atoms with van der Waals surface area (Å²) in [7, 11) is 0. The Kier molecular flexibility index (Phi) is 6.64. The number of carbonyl (C=O) groups is 2. The van der Waals surface area contributed by atoms with Gasteiger partial charge in [0.2, 0.25) is 12.7 Å². The molecule has 4 rings (SSSR count). The van der Waals surface area contributed by atoms with Crippen molar-refractivity contribution in [1.82, 2.24) is 15.3 Å². The molecule has 0 unspecified atom stereocenters. The first-order valence-electron chi connectivity index (χ1n) is 10.2. The molecule has 1 aliphatic heterocycles. The first kappa shape index (κ1) is 22.4. The average molecular weight is 467 g/mol. The highest BCUT2D eigenvalue weighted by Crippen LogP contribution is 2.34. The summed E-state index contributed by atoms with van der Waals surface area (Å²) < 4.78 is 10.6. The molecule has 33 heavy (non-hydrogen) atoms. The molecule has 170 valence electrons. The van der Waals surface area contributed by atoms with E-state index in [4.69, 9.17) is 9.47 Å². The van der Waals surface area contributed by atoms with Crippen molar-refractivity contribution in [3.8, 4) is 11.5 Å². The number of benzene rings is 1. The van der Waals surface area contributed by atoms with E-state index in [1.165, 1.54) is 0 Å². The van der Waals surface area contributed by atoms with Crippen LogP contribution in [0.15, 0.2) is 52.4 Å². The van der Waals surface area contributed by atoms with Gasteiger partial charge in [-0.1, -0.05) is 11.8 Å². The average Bonchev–Trinajstić information content (AvgIpc) is 3.25. The van der Waals surface area contributed by atoms with Gasteiger partial charge in [0.25, 0.3) is 11.5 Å². The summed E-state index contributed by atoms with van der Waals surface area (Å²) in [5.41, 5.74) is 2.75. The molecule has 2 amide bonds. The van der Waals surface area contributed by atoms with Crippen LogP contribution in [0.2, 0.25) is 0 Å². The molecule has 9 nitrogen and oxygen atoms in total. The van der Waals surface area contributed by atoms with Crippen LogP contribution < -0.4 is 25.7 Å². The molecule has 3 heterocycles. The fraction of sp³-hybridized carbons (Fsp3) is 0.217. The van der Waals surface area contributed by atoms with Gasteiger partial charge in [-0.15, -0.1) is 0 Å². The number of aromatic amines is 1. The Hall–Kier alpha value is -3.79. The molecule has 3 aromatic rings. The van der Waals surface area contributed by atoms with Crippen LogP contribution in [0.5, 0.6) is 11.5 Å². The smallest absolute Gasteiger partial charge is 0.254 e. The van der Waals surface area contributed by atoms with Gasteiger partial charge in [-0.25, -0.2) is 4.98 Å². The molecule has 0 atom stereocenters. The van der Waals surface area contributed by atoms with Crippen LogP contribution in [-0.2, 0) is 11.3 Å². The van der Waals surface area contributed by atoms with E-state index in [1.54, 1.807) is 43.5 Å². The largest absolute Gasteiger partial charge is 0.454 e. The Morgan fingerprint density at radius 1 is 1.15 bits per heavy atom. The number of rotatable bonds is 7. The number of hydrogen-bond donors (Lipinski definition) is 3. The van der Waals surface area contributed by atoms with Crippen LogP contribution in [0.3, 0.4) is 0 Å². The van der Waals surface area contributed by atoms with Crippen LogP contribution in [-0.4, -0.2) is 34.3 Å². The molecule has 0 saturated carbocycles. The van der Waals surface area contributed by atoms with E-state index in [9.17, 15) is 14.4 Å². The maximum Gasteiger partial charge on any atom is 0.254 e. The molecule has 10 heteroatoms. The molecule has 0 radical (unpaired) electrons. The van der Waals surface area contributed by atoms with Gasteiger partial charge < -0.3 is 25.1 Å². The molecule has 2 aromatic heterocycles. The van der Waals surface area contributed by atoms with E-state index in [1.807, 2.05) is 13.0 Å². The van der Waals surface area contributed by atoms with Gasteiger partial charge in [-0.2, -0.15) is 0 Å². The number of pyridine rings is 2. The molecule has 0 saturated heterocycles. The zero-order chi connectivity index (χ0) is 23.4. The Morgan fingerprint density at radius 2 is 1.97 bits per heavy atom. The Morgan fingerprint density at radius 3 is 2.79 bits per heavy atom. The van der Waals surface area contributed by atoms with E-state index >= 15 is 0 Å². The quantitative estimate of drug-likeness (QED) is 0.458. The molecule has 3 N–H and O–H groups in total. The van der Waals surface area contributed by atoms with Crippen molar-refractivity contribution in [2.75, 3.05) is 17.9 Å². The third kappa shape index (κ3) is 5.35. The summed E-state index contributed by atoms with van der Waals surface area (Å²) in [6.45, 7) is 3.88. The highest BCUT2D eigenvalue weighted by Gasteiger charge is 2.17. The minimum absolute atomic E-state index is 0.0580. The molecule has 0 fully saturated rings. The molecule has 0 bridgehead atoms. The lowest BCUT2D eigenvalue weighted by Crippen LogP contribution is -2.28. The summed E-state index contributed by atoms with van der Waals surface area (Å²) in [5, 5.41) is 5.98. The minimum atomic E-state index is -0.374. The number of amides is 2. The van der Waals surface area contributed by atoms with E-state index in [0.717, 1.165) is 23.0 Å². The number of aryl methyl sites for hydroxylation is 2. The third-order valence-corrected chi connectivity index (χ3v) is 5.94. The first-order valence-corrected chi connectivity index (χ1v) is 11.1. The Bertz CT molecular complexity index is 1270. The lowest BCUT2D eigenvalue weighted by Gasteiger charge is -2.11. The number of H-pyrrole nitrogens is 1. The van der Waals surface area contributed by atoms with Crippen molar-refractivity contribution >= 4 is 29.3 Å². The van der Waals surface area contributed by atoms with Gasteiger partial charge in [-0.05, 0) is 49.7 Å². The normalized spacial score (nSPS) is 11.8. The van der Waals surface area contributed by atoms with E-state index in [-0.39, 0.29) is 36.5 Å². The van der Waals surface area contributed by atoms with Crippen molar-refractivity contribution in [3.63, 3.8) is 0 Å². The molecule has 0 aliphatic carbocycles. The number of ether oxygens (including phenoxy) is 2. The number of hydrogen-bond acceptors (Lipinski definition) is 7. The summed E-state index contributed by atoms with van der Waals surface area (Å²) in [6, 6.07) is 10.3. The van der Waals surface area contributed by atoms with Crippen molar-refractivity contribution < 1.29 is 19.1 Å². The second kappa shape index (κ2) is 9.78. The number of anilines is 1. The van der Waals surface area contributed by atoms with Gasteiger partial charge in [0.15, 0.2) is 11.5 Å². The fourth-order valence-corrected chi connectivity index (χ4v) is 4.14. The van der Waals surface area contributed by atoms with E-state index in [2.05, 4.69) is 20.6 Å². The molecule has 0 spiro atoms. The van der Waals surface area contributed by atoms with E-state index in [0.29, 0.717) is 33.3 Å². The van der Waals surface area contributed by atoms with Crippen molar-refractivity contribution in [3.05, 3.63) is 75.3 Å². The number of nitrogens with one attached hydrogen (secondary N) is 3. The van der Waals surface area contributed by atoms with Gasteiger partial charge >= 0.3 is 0 Å². The number of aromatic nitrogens is 2. The van der Waals surface area contributed by atoms with Crippen molar-refractivity contribution in [2.45, 2.75) is 25.4 Å².